The van der Waals surface area contributed by atoms with Gasteiger partial charge in [0, 0.05) is 0 Å². The minimum absolute atomic E-state index is 0.375. The van der Waals surface area contributed by atoms with Gasteiger partial charge in [0.15, 0.2) is 34.1 Å². The maximum Gasteiger partial charge on any atom is 0.338 e. The Hall–Kier alpha value is -3.14. The van der Waals surface area contributed by atoms with Gasteiger partial charge >= 0.3 is 11.9 Å². The smallest absolute Gasteiger partial charge is 0.338 e. The molecule has 1 saturated carbocycles. The Morgan fingerprint density at radius 1 is 1.00 bits per heavy atom. The molecule has 3 aliphatic carbocycles. The van der Waals surface area contributed by atoms with E-state index in [0.717, 1.165) is 12.2 Å². The fraction of sp³-hybridized carbons (Fsp3) is 0.444. The van der Waals surface area contributed by atoms with Crippen LogP contribution in [0, 0.1) is 5.41 Å². The van der Waals surface area contributed by atoms with Gasteiger partial charge in [-0.05, 0) is 37.8 Å². The van der Waals surface area contributed by atoms with Crippen molar-refractivity contribution in [2.45, 2.75) is 43.5 Å². The maximum atomic E-state index is 13.2. The highest BCUT2D eigenvalue weighted by Gasteiger charge is 2.70. The van der Waals surface area contributed by atoms with Crippen molar-refractivity contribution >= 4 is 11.9 Å². The lowest BCUT2D eigenvalue weighted by Gasteiger charge is -2.39. The van der Waals surface area contributed by atoms with Crippen molar-refractivity contribution < 1.29 is 44.6 Å². The minimum atomic E-state index is -3.00. The zero-order valence-corrected chi connectivity index (χ0v) is 14.6. The van der Waals surface area contributed by atoms with Gasteiger partial charge in [0.05, 0.1) is 11.3 Å². The van der Waals surface area contributed by atoms with E-state index >= 15 is 0 Å². The van der Waals surface area contributed by atoms with Crippen molar-refractivity contribution in [3.63, 3.8) is 0 Å². The summed E-state index contributed by atoms with van der Waals surface area (Å²) in [6, 6.07) is 0. The van der Waals surface area contributed by atoms with Crippen molar-refractivity contribution in [1.29, 1.82) is 0 Å². The fourth-order valence-electron chi connectivity index (χ4n) is 4.26. The normalized spacial score (nSPS) is 38.0. The van der Waals surface area contributed by atoms with Crippen LogP contribution in [0.1, 0.15) is 25.7 Å². The van der Waals surface area contributed by atoms with E-state index < -0.39 is 69.5 Å². The van der Waals surface area contributed by atoms with Crippen LogP contribution in [-0.4, -0.2) is 55.3 Å². The number of aliphatic hydroxyl groups is 5. The summed E-state index contributed by atoms with van der Waals surface area (Å²) >= 11 is 0. The van der Waals surface area contributed by atoms with Crippen LogP contribution in [0.5, 0.6) is 0 Å². The highest BCUT2D eigenvalue weighted by atomic mass is 16.6. The number of aliphatic hydroxyl groups excluding tert-OH is 4. The monoisotopic (exact) mass is 393 g/mol. The number of allylic oxidation sites excluding steroid dienone is 1. The molecule has 10 heteroatoms. The average molecular weight is 393 g/mol. The lowest BCUT2D eigenvalue weighted by Crippen LogP contribution is -2.56. The van der Waals surface area contributed by atoms with E-state index in [-0.39, 0.29) is 0 Å². The third kappa shape index (κ3) is 2.00. The summed E-state index contributed by atoms with van der Waals surface area (Å²) in [7, 11) is 0. The number of carbonyl (C=O) groups excluding carboxylic acids is 2. The molecule has 28 heavy (non-hydrogen) atoms. The third-order valence-corrected chi connectivity index (χ3v) is 5.77. The van der Waals surface area contributed by atoms with E-state index in [1.54, 1.807) is 0 Å². The van der Waals surface area contributed by atoms with E-state index in [1.165, 1.54) is 0 Å². The number of nitrogens with two attached hydrogens (primary N) is 1. The molecule has 10 nitrogen and oxygen atoms in total. The molecule has 4 atom stereocenters. The van der Waals surface area contributed by atoms with E-state index in [1.807, 2.05) is 0 Å². The number of esters is 2. The van der Waals surface area contributed by atoms with Gasteiger partial charge in [-0.25, -0.2) is 4.79 Å². The molecule has 0 bridgehead atoms. The van der Waals surface area contributed by atoms with Crippen molar-refractivity contribution in [3.05, 3.63) is 46.5 Å². The highest BCUT2D eigenvalue weighted by molar-refractivity contribution is 5.99. The van der Waals surface area contributed by atoms with E-state index in [2.05, 4.69) is 0 Å². The van der Waals surface area contributed by atoms with Crippen molar-refractivity contribution in [3.8, 4) is 0 Å². The van der Waals surface area contributed by atoms with Gasteiger partial charge in [0.1, 0.15) is 12.2 Å². The van der Waals surface area contributed by atoms with Crippen molar-refractivity contribution in [1.82, 2.24) is 0 Å². The van der Waals surface area contributed by atoms with Crippen LogP contribution in [0.3, 0.4) is 0 Å². The maximum absolute atomic E-state index is 13.2. The number of hydrogen-bond donors (Lipinski definition) is 6. The lowest BCUT2D eigenvalue weighted by atomic mass is 9.67. The first-order chi connectivity index (χ1) is 13.1. The zero-order valence-electron chi connectivity index (χ0n) is 14.6. The van der Waals surface area contributed by atoms with Crippen LogP contribution >= 0.6 is 0 Å². The van der Waals surface area contributed by atoms with Crippen molar-refractivity contribution in [2.24, 2.45) is 11.1 Å². The molecular weight excluding hydrogens is 374 g/mol. The first-order valence-electron chi connectivity index (χ1n) is 8.75. The largest absolute Gasteiger partial charge is 0.507 e. The summed E-state index contributed by atoms with van der Waals surface area (Å²) in [4.78, 5) is 26.0. The highest BCUT2D eigenvalue weighted by Crippen LogP contribution is 2.56. The molecule has 0 amide bonds. The van der Waals surface area contributed by atoms with Gasteiger partial charge in [0.2, 0.25) is 0 Å². The molecular formula is C18H19NO9. The summed E-state index contributed by atoms with van der Waals surface area (Å²) in [6.45, 7) is 0. The lowest BCUT2D eigenvalue weighted by molar-refractivity contribution is -0.176. The first-order valence-corrected chi connectivity index (χ1v) is 8.75. The molecule has 0 aromatic rings. The number of carbonyl (C=O) groups is 2. The first kappa shape index (κ1) is 18.2. The van der Waals surface area contributed by atoms with Crippen LogP contribution in [-0.2, 0) is 19.1 Å². The van der Waals surface area contributed by atoms with Crippen LogP contribution in [0.4, 0.5) is 0 Å². The zero-order chi connectivity index (χ0) is 20.4. The van der Waals surface area contributed by atoms with Gasteiger partial charge in [-0.3, -0.25) is 4.79 Å². The standard InChI is InChI=1S/C18H19NO9/c19-8-6-17(14(23)12(8)21)16(25)28-11-4-2-1-3-10(11)27-15(24)7-5-9(20)13(22)18(7,17)26/h5-6,10-11,20-23,26H,1-4,19H2. The second-order valence-corrected chi connectivity index (χ2v) is 7.28. The topological polar surface area (TPSA) is 180 Å². The van der Waals surface area contributed by atoms with Gasteiger partial charge < -0.3 is 40.7 Å². The summed E-state index contributed by atoms with van der Waals surface area (Å²) in [5, 5.41) is 52.3. The SMILES string of the molecule is NC1=CC2(C(=O)OC3CCCCC3OC(=O)C3=CC(O)=C(O)C32O)C(O)=C1O. The van der Waals surface area contributed by atoms with E-state index in [9.17, 15) is 35.1 Å². The molecule has 1 aliphatic heterocycles. The number of rotatable bonds is 0. The summed E-state index contributed by atoms with van der Waals surface area (Å²) < 4.78 is 10.8. The molecule has 7 N–H and O–H groups in total. The Balaban J connectivity index is 1.99. The second-order valence-electron chi connectivity index (χ2n) is 7.28. The summed E-state index contributed by atoms with van der Waals surface area (Å²) in [5.41, 5.74) is -1.23. The van der Waals surface area contributed by atoms with Crippen LogP contribution in [0.25, 0.3) is 0 Å². The fourth-order valence-corrected chi connectivity index (χ4v) is 4.26. The van der Waals surface area contributed by atoms with Crippen LogP contribution < -0.4 is 5.73 Å². The average Bonchev–Trinajstić information content (AvgIpc) is 3.04. The number of hydrogen-bond acceptors (Lipinski definition) is 10. The van der Waals surface area contributed by atoms with Gasteiger partial charge in [-0.2, -0.15) is 0 Å². The molecule has 1 saturated heterocycles. The molecule has 0 aromatic carbocycles. The van der Waals surface area contributed by atoms with Crippen LogP contribution in [0.15, 0.2) is 46.5 Å². The van der Waals surface area contributed by atoms with Crippen LogP contribution in [0.2, 0.25) is 0 Å². The van der Waals surface area contributed by atoms with Crippen molar-refractivity contribution in [2.75, 3.05) is 0 Å². The molecule has 0 aromatic heterocycles. The summed E-state index contributed by atoms with van der Waals surface area (Å²) in [6.07, 6.45) is 2.06. The van der Waals surface area contributed by atoms with E-state index in [4.69, 9.17) is 15.2 Å². The van der Waals surface area contributed by atoms with Gasteiger partial charge in [0.25, 0.3) is 0 Å². The molecule has 4 rings (SSSR count). The molecule has 4 unspecified atom stereocenters. The molecule has 150 valence electrons. The summed E-state index contributed by atoms with van der Waals surface area (Å²) in [5.74, 6) is -6.51. The number of fused-ring (bicyclic) bond motifs is 3. The Morgan fingerprint density at radius 2 is 1.61 bits per heavy atom. The molecule has 4 aliphatic rings. The quantitative estimate of drug-likeness (QED) is 0.318. The Bertz CT molecular complexity index is 914. The number of ether oxygens (including phenoxy) is 2. The molecule has 0 radical (unpaired) electrons. The van der Waals surface area contributed by atoms with Gasteiger partial charge in [-0.15, -0.1) is 0 Å². The van der Waals surface area contributed by atoms with E-state index in [0.29, 0.717) is 25.7 Å². The predicted octanol–water partition coefficient (Wildman–Crippen LogP) is 0.566. The Morgan fingerprint density at radius 3 is 2.18 bits per heavy atom. The van der Waals surface area contributed by atoms with Gasteiger partial charge in [-0.1, -0.05) is 0 Å². The third-order valence-electron chi connectivity index (χ3n) is 5.77. The molecule has 2 fully saturated rings. The second kappa shape index (κ2) is 5.68. The minimum Gasteiger partial charge on any atom is -0.507 e. The Kier molecular flexibility index (Phi) is 3.70. The molecule has 1 heterocycles. The Labute approximate surface area is 158 Å². The predicted molar refractivity (Wildman–Crippen MR) is 90.5 cm³/mol. The molecule has 1 spiro atoms.